The predicted molar refractivity (Wildman–Crippen MR) is 34.7 cm³/mol. The molecule has 0 heterocycles. The van der Waals surface area contributed by atoms with E-state index in [1.807, 2.05) is 0 Å². The summed E-state index contributed by atoms with van der Waals surface area (Å²) in [6.45, 7) is 6.68. The summed E-state index contributed by atoms with van der Waals surface area (Å²) in [4.78, 5) is 11.4. The Balaban J connectivity index is 3.68. The molecule has 0 aliphatic heterocycles. The van der Waals surface area contributed by atoms with Crippen LogP contribution in [0, 0.1) is 0 Å². The van der Waals surface area contributed by atoms with Gasteiger partial charge in [0.1, 0.15) is 6.54 Å². The summed E-state index contributed by atoms with van der Waals surface area (Å²) in [6, 6.07) is 0. The average Bonchev–Trinajstić information content (AvgIpc) is 1.82. The second kappa shape index (κ2) is 3.72. The summed E-state index contributed by atoms with van der Waals surface area (Å²) in [7, 11) is 0. The van der Waals surface area contributed by atoms with E-state index >= 15 is 0 Å². The van der Waals surface area contributed by atoms with Gasteiger partial charge in [-0.2, -0.15) is 0 Å². The van der Waals surface area contributed by atoms with E-state index in [1.165, 1.54) is 17.3 Å². The van der Waals surface area contributed by atoms with E-state index in [0.29, 0.717) is 0 Å². The molecule has 1 N–H and O–H groups in total. The Morgan fingerprint density at radius 1 is 1.56 bits per heavy atom. The fourth-order valence-electron chi connectivity index (χ4n) is 0.360. The molecule has 0 atom stereocenters. The molecule has 0 aromatic rings. The lowest BCUT2D eigenvalue weighted by Gasteiger charge is -2.08. The SMILES string of the molecule is C=CN(C=C)CC(=O)O. The maximum Gasteiger partial charge on any atom is 0.323 e. The van der Waals surface area contributed by atoms with Crippen molar-refractivity contribution in [2.45, 2.75) is 0 Å². The van der Waals surface area contributed by atoms with Gasteiger partial charge in [-0.3, -0.25) is 4.79 Å². The smallest absolute Gasteiger partial charge is 0.323 e. The summed E-state index contributed by atoms with van der Waals surface area (Å²) < 4.78 is 0. The van der Waals surface area contributed by atoms with Crippen LogP contribution in [0.15, 0.2) is 25.6 Å². The number of hydrogen-bond acceptors (Lipinski definition) is 2. The Hall–Kier alpha value is -1.25. The van der Waals surface area contributed by atoms with E-state index in [4.69, 9.17) is 5.11 Å². The highest BCUT2D eigenvalue weighted by Gasteiger charge is 1.97. The maximum absolute atomic E-state index is 9.99. The van der Waals surface area contributed by atoms with Crippen LogP contribution < -0.4 is 0 Å². The van der Waals surface area contributed by atoms with Crippen molar-refractivity contribution < 1.29 is 9.90 Å². The zero-order valence-electron chi connectivity index (χ0n) is 5.08. The van der Waals surface area contributed by atoms with E-state index < -0.39 is 5.97 Å². The van der Waals surface area contributed by atoms with E-state index in [9.17, 15) is 4.79 Å². The van der Waals surface area contributed by atoms with Crippen LogP contribution in [0.3, 0.4) is 0 Å². The third-order valence-electron chi connectivity index (χ3n) is 0.787. The van der Waals surface area contributed by atoms with Gasteiger partial charge >= 0.3 is 5.97 Å². The van der Waals surface area contributed by atoms with E-state index in [2.05, 4.69) is 13.2 Å². The van der Waals surface area contributed by atoms with Crippen molar-refractivity contribution in [3.63, 3.8) is 0 Å². The summed E-state index contributed by atoms with van der Waals surface area (Å²) in [5.41, 5.74) is 0. The van der Waals surface area contributed by atoms with Gasteiger partial charge in [0.25, 0.3) is 0 Å². The second-order valence-corrected chi connectivity index (χ2v) is 1.43. The Bertz CT molecular complexity index is 123. The topological polar surface area (TPSA) is 40.5 Å². The number of hydrogen-bond donors (Lipinski definition) is 1. The van der Waals surface area contributed by atoms with Crippen molar-refractivity contribution >= 4 is 5.97 Å². The van der Waals surface area contributed by atoms with Crippen LogP contribution in [-0.4, -0.2) is 22.5 Å². The first kappa shape index (κ1) is 7.75. The van der Waals surface area contributed by atoms with Crippen LogP contribution in [0.5, 0.6) is 0 Å². The Morgan fingerprint density at radius 2 is 2.00 bits per heavy atom. The summed E-state index contributed by atoms with van der Waals surface area (Å²) in [5.74, 6) is -0.894. The summed E-state index contributed by atoms with van der Waals surface area (Å²) in [6.07, 6.45) is 2.81. The normalized spacial score (nSPS) is 8.00. The monoisotopic (exact) mass is 127 g/mol. The van der Waals surface area contributed by atoms with Crippen LogP contribution >= 0.6 is 0 Å². The third kappa shape index (κ3) is 3.34. The first-order chi connectivity index (χ1) is 4.20. The highest BCUT2D eigenvalue weighted by atomic mass is 16.4. The molecule has 0 bridgehead atoms. The van der Waals surface area contributed by atoms with E-state index in [-0.39, 0.29) is 6.54 Å². The van der Waals surface area contributed by atoms with E-state index in [0.717, 1.165) is 0 Å². The molecule has 3 heteroatoms. The van der Waals surface area contributed by atoms with Crippen molar-refractivity contribution in [1.82, 2.24) is 4.90 Å². The van der Waals surface area contributed by atoms with Crippen molar-refractivity contribution in [2.75, 3.05) is 6.54 Å². The minimum atomic E-state index is -0.894. The van der Waals surface area contributed by atoms with Crippen molar-refractivity contribution in [3.05, 3.63) is 25.6 Å². The molecule has 3 nitrogen and oxygen atoms in total. The van der Waals surface area contributed by atoms with Crippen LogP contribution in [0.1, 0.15) is 0 Å². The largest absolute Gasteiger partial charge is 0.480 e. The van der Waals surface area contributed by atoms with Gasteiger partial charge in [0, 0.05) is 0 Å². The fourth-order valence-corrected chi connectivity index (χ4v) is 0.360. The minimum Gasteiger partial charge on any atom is -0.480 e. The van der Waals surface area contributed by atoms with Crippen LogP contribution in [0.2, 0.25) is 0 Å². The fraction of sp³-hybridized carbons (Fsp3) is 0.167. The molecule has 0 rings (SSSR count). The zero-order chi connectivity index (χ0) is 7.28. The van der Waals surface area contributed by atoms with Gasteiger partial charge in [-0.1, -0.05) is 13.2 Å². The molecule has 50 valence electrons. The Labute approximate surface area is 53.9 Å². The van der Waals surface area contributed by atoms with Crippen LogP contribution in [0.25, 0.3) is 0 Å². The standard InChI is InChI=1S/C6H9NO2/c1-3-7(4-2)5-6(8)9/h3-4H,1-2,5H2,(H,8,9). The molecule has 0 fully saturated rings. The van der Waals surface area contributed by atoms with Crippen molar-refractivity contribution in [3.8, 4) is 0 Å². The molecule has 0 aliphatic rings. The number of nitrogens with zero attached hydrogens (tertiary/aromatic N) is 1. The number of carboxylic acid groups (broad SMARTS) is 1. The predicted octanol–water partition coefficient (Wildman–Crippen LogP) is 0.660. The lowest BCUT2D eigenvalue weighted by atomic mass is 10.6. The number of aliphatic carboxylic acids is 1. The molecule has 0 radical (unpaired) electrons. The van der Waals surface area contributed by atoms with Gasteiger partial charge in [-0.25, -0.2) is 0 Å². The molecule has 0 saturated carbocycles. The van der Waals surface area contributed by atoms with Gasteiger partial charge in [-0.15, -0.1) is 0 Å². The molecule has 0 aromatic heterocycles. The lowest BCUT2D eigenvalue weighted by Crippen LogP contribution is -2.18. The second-order valence-electron chi connectivity index (χ2n) is 1.43. The van der Waals surface area contributed by atoms with Gasteiger partial charge in [0.15, 0.2) is 0 Å². The van der Waals surface area contributed by atoms with Gasteiger partial charge in [-0.05, 0) is 12.4 Å². The first-order valence-corrected chi connectivity index (χ1v) is 2.43. The molecule has 0 spiro atoms. The molecule has 9 heavy (non-hydrogen) atoms. The van der Waals surface area contributed by atoms with Crippen LogP contribution in [0.4, 0.5) is 0 Å². The molecule has 0 aromatic carbocycles. The molecular formula is C6H9NO2. The minimum absolute atomic E-state index is 0.0764. The highest BCUT2D eigenvalue weighted by molar-refractivity contribution is 5.69. The molecule has 0 saturated heterocycles. The molecule has 0 amide bonds. The van der Waals surface area contributed by atoms with Crippen molar-refractivity contribution in [2.24, 2.45) is 0 Å². The lowest BCUT2D eigenvalue weighted by molar-refractivity contribution is -0.137. The Morgan fingerprint density at radius 3 is 2.11 bits per heavy atom. The van der Waals surface area contributed by atoms with E-state index in [1.54, 1.807) is 0 Å². The third-order valence-corrected chi connectivity index (χ3v) is 0.787. The van der Waals surface area contributed by atoms with Gasteiger partial charge < -0.3 is 10.0 Å². The first-order valence-electron chi connectivity index (χ1n) is 2.43. The Kier molecular flexibility index (Phi) is 3.20. The van der Waals surface area contributed by atoms with Crippen molar-refractivity contribution in [1.29, 1.82) is 0 Å². The van der Waals surface area contributed by atoms with Crippen LogP contribution in [-0.2, 0) is 4.79 Å². The number of rotatable bonds is 4. The van der Waals surface area contributed by atoms with Gasteiger partial charge in [0.2, 0.25) is 0 Å². The number of carbonyl (C=O) groups is 1. The molecule has 0 aliphatic carbocycles. The molecule has 0 unspecified atom stereocenters. The average molecular weight is 127 g/mol. The number of carboxylic acids is 1. The molecular weight excluding hydrogens is 118 g/mol. The summed E-state index contributed by atoms with van der Waals surface area (Å²) in [5, 5.41) is 8.21. The van der Waals surface area contributed by atoms with Gasteiger partial charge in [0.05, 0.1) is 0 Å². The quantitative estimate of drug-likeness (QED) is 0.603. The summed E-state index contributed by atoms with van der Waals surface area (Å²) >= 11 is 0. The highest BCUT2D eigenvalue weighted by Crippen LogP contribution is 1.86. The zero-order valence-corrected chi connectivity index (χ0v) is 5.08. The maximum atomic E-state index is 9.99.